The van der Waals surface area contributed by atoms with Crippen LogP contribution in [0.15, 0.2) is 5.16 Å². The number of thioether (sulfide) groups is 1. The maximum Gasteiger partial charge on any atom is 0.209 e. The first kappa shape index (κ1) is 9.83. The van der Waals surface area contributed by atoms with E-state index < -0.39 is 10.8 Å². The molecule has 0 fully saturated rings. The van der Waals surface area contributed by atoms with Gasteiger partial charge in [0.15, 0.2) is 0 Å². The third-order valence-electron chi connectivity index (χ3n) is 1.17. The Morgan fingerprint density at radius 2 is 2.33 bits per heavy atom. The first-order valence-corrected chi connectivity index (χ1v) is 4.79. The Labute approximate surface area is 79.7 Å². The summed E-state index contributed by atoms with van der Waals surface area (Å²) in [6, 6.07) is 0. The van der Waals surface area contributed by atoms with Gasteiger partial charge in [0.25, 0.3) is 0 Å². The summed E-state index contributed by atoms with van der Waals surface area (Å²) in [5.74, 6) is 0.743. The van der Waals surface area contributed by atoms with Gasteiger partial charge in [0.2, 0.25) is 5.16 Å². The number of hydrogen-bond donors (Lipinski definition) is 2. The number of aliphatic hydroxyl groups excluding tert-OH is 1. The molecule has 2 N–H and O–H groups in total. The molecule has 0 aliphatic rings. The number of rotatable bonds is 3. The van der Waals surface area contributed by atoms with Crippen LogP contribution >= 0.6 is 23.4 Å². The highest BCUT2D eigenvalue weighted by Crippen LogP contribution is 2.24. The van der Waals surface area contributed by atoms with Gasteiger partial charge in [-0.25, -0.2) is 4.98 Å². The summed E-state index contributed by atoms with van der Waals surface area (Å²) >= 11 is 7.01. The molecule has 0 spiro atoms. The largest absolute Gasteiger partial charge is 0.391 e. The van der Waals surface area contributed by atoms with Crippen molar-refractivity contribution in [2.75, 3.05) is 0 Å². The number of halogens is 1. The standard InChI is InChI=1S/C6H10ClN3OS/c1-3(11)5(7)12-6-8-4(2)9-10-6/h3,5,11H,1-2H3,(H,8,9,10). The SMILES string of the molecule is Cc1nc(SC(Cl)C(C)O)n[nH]1. The van der Waals surface area contributed by atoms with Crippen LogP contribution in [-0.2, 0) is 0 Å². The number of H-pyrrole nitrogens is 1. The Morgan fingerprint density at radius 1 is 1.67 bits per heavy atom. The van der Waals surface area contributed by atoms with Gasteiger partial charge in [-0.15, -0.1) is 16.7 Å². The van der Waals surface area contributed by atoms with Gasteiger partial charge < -0.3 is 5.11 Å². The van der Waals surface area contributed by atoms with Crippen LogP contribution in [0.1, 0.15) is 12.7 Å². The smallest absolute Gasteiger partial charge is 0.209 e. The molecular weight excluding hydrogens is 198 g/mol. The zero-order valence-electron chi connectivity index (χ0n) is 6.78. The second kappa shape index (κ2) is 4.11. The molecule has 0 aliphatic heterocycles. The Morgan fingerprint density at radius 3 is 2.75 bits per heavy atom. The fraction of sp³-hybridized carbons (Fsp3) is 0.667. The van der Waals surface area contributed by atoms with E-state index in [4.69, 9.17) is 16.7 Å². The summed E-state index contributed by atoms with van der Waals surface area (Å²) in [5, 5.41) is 16.2. The summed E-state index contributed by atoms with van der Waals surface area (Å²) in [7, 11) is 0. The molecule has 1 rings (SSSR count). The fourth-order valence-electron chi connectivity index (χ4n) is 0.574. The molecule has 0 bridgehead atoms. The van der Waals surface area contributed by atoms with Gasteiger partial charge in [-0.05, 0) is 13.8 Å². The van der Waals surface area contributed by atoms with Gasteiger partial charge in [0.05, 0.1) is 6.10 Å². The third-order valence-corrected chi connectivity index (χ3v) is 2.82. The van der Waals surface area contributed by atoms with E-state index in [0.29, 0.717) is 5.16 Å². The second-order valence-corrected chi connectivity index (χ2v) is 4.25. The van der Waals surface area contributed by atoms with Crippen LogP contribution in [0, 0.1) is 6.92 Å². The zero-order valence-corrected chi connectivity index (χ0v) is 8.35. The quantitative estimate of drug-likeness (QED) is 0.577. The normalized spacial score (nSPS) is 16.0. The fourth-order valence-corrected chi connectivity index (χ4v) is 1.50. The number of aromatic nitrogens is 3. The number of alkyl halides is 1. The molecule has 4 nitrogen and oxygen atoms in total. The van der Waals surface area contributed by atoms with Crippen molar-refractivity contribution in [2.45, 2.75) is 29.8 Å². The molecule has 2 unspecified atom stereocenters. The second-order valence-electron chi connectivity index (χ2n) is 2.41. The molecule has 6 heteroatoms. The highest BCUT2D eigenvalue weighted by atomic mass is 35.5. The molecule has 0 aliphatic carbocycles. The molecule has 0 amide bonds. The van der Waals surface area contributed by atoms with Gasteiger partial charge >= 0.3 is 0 Å². The Balaban J connectivity index is 2.52. The molecule has 12 heavy (non-hydrogen) atoms. The highest BCUT2D eigenvalue weighted by Gasteiger charge is 2.14. The monoisotopic (exact) mass is 207 g/mol. The summed E-state index contributed by atoms with van der Waals surface area (Å²) in [6.07, 6.45) is -0.574. The number of aromatic amines is 1. The summed E-state index contributed by atoms with van der Waals surface area (Å²) < 4.78 is -0.403. The predicted molar refractivity (Wildman–Crippen MR) is 48.3 cm³/mol. The first-order chi connectivity index (χ1) is 5.59. The maximum atomic E-state index is 9.07. The minimum atomic E-state index is -0.574. The van der Waals surface area contributed by atoms with Crippen molar-refractivity contribution in [3.05, 3.63) is 5.82 Å². The van der Waals surface area contributed by atoms with E-state index in [1.807, 2.05) is 6.92 Å². The number of aliphatic hydroxyl groups is 1. The van der Waals surface area contributed by atoms with Gasteiger partial charge in [0, 0.05) is 0 Å². The first-order valence-electron chi connectivity index (χ1n) is 3.47. The van der Waals surface area contributed by atoms with Crippen LogP contribution in [0.2, 0.25) is 0 Å². The molecule has 2 atom stereocenters. The number of aryl methyl sites for hydroxylation is 1. The van der Waals surface area contributed by atoms with E-state index in [1.54, 1.807) is 6.92 Å². The zero-order chi connectivity index (χ0) is 9.14. The van der Waals surface area contributed by atoms with Gasteiger partial charge in [-0.3, -0.25) is 5.10 Å². The van der Waals surface area contributed by atoms with E-state index in [0.717, 1.165) is 5.82 Å². The Kier molecular flexibility index (Phi) is 3.37. The van der Waals surface area contributed by atoms with Crippen molar-refractivity contribution in [3.63, 3.8) is 0 Å². The molecule has 1 heterocycles. The van der Waals surface area contributed by atoms with Crippen molar-refractivity contribution >= 4 is 23.4 Å². The number of nitrogens with zero attached hydrogens (tertiary/aromatic N) is 2. The third kappa shape index (κ3) is 2.66. The highest BCUT2D eigenvalue weighted by molar-refractivity contribution is 8.00. The van der Waals surface area contributed by atoms with E-state index in [1.165, 1.54) is 11.8 Å². The van der Waals surface area contributed by atoms with E-state index in [2.05, 4.69) is 15.2 Å². The molecule has 1 aromatic rings. The van der Waals surface area contributed by atoms with Crippen LogP contribution in [0.3, 0.4) is 0 Å². The van der Waals surface area contributed by atoms with Crippen LogP contribution < -0.4 is 0 Å². The summed E-state index contributed by atoms with van der Waals surface area (Å²) in [6.45, 7) is 3.44. The van der Waals surface area contributed by atoms with Crippen LogP contribution in [-0.4, -0.2) is 31.1 Å². The van der Waals surface area contributed by atoms with E-state index >= 15 is 0 Å². The van der Waals surface area contributed by atoms with Crippen molar-refractivity contribution in [3.8, 4) is 0 Å². The van der Waals surface area contributed by atoms with Gasteiger partial charge in [-0.2, -0.15) is 0 Å². The Hall–Kier alpha value is -0.260. The minimum absolute atomic E-state index is 0.403. The van der Waals surface area contributed by atoms with Crippen LogP contribution in [0.5, 0.6) is 0 Å². The molecule has 1 aromatic heterocycles. The number of hydrogen-bond acceptors (Lipinski definition) is 4. The van der Waals surface area contributed by atoms with E-state index in [9.17, 15) is 0 Å². The molecule has 0 radical (unpaired) electrons. The lowest BCUT2D eigenvalue weighted by Gasteiger charge is -2.08. The van der Waals surface area contributed by atoms with Crippen molar-refractivity contribution in [1.82, 2.24) is 15.2 Å². The van der Waals surface area contributed by atoms with Gasteiger partial charge in [-0.1, -0.05) is 11.8 Å². The molecule has 0 saturated carbocycles. The topological polar surface area (TPSA) is 61.8 Å². The predicted octanol–water partition coefficient (Wildman–Crippen LogP) is 1.15. The summed E-state index contributed by atoms with van der Waals surface area (Å²) in [4.78, 5) is 4.03. The van der Waals surface area contributed by atoms with Crippen molar-refractivity contribution in [1.29, 1.82) is 0 Å². The minimum Gasteiger partial charge on any atom is -0.391 e. The number of nitrogens with one attached hydrogen (secondary N) is 1. The molecule has 68 valence electrons. The average Bonchev–Trinajstić information content (AvgIpc) is 2.35. The average molecular weight is 208 g/mol. The lowest BCUT2D eigenvalue weighted by molar-refractivity contribution is 0.211. The molecular formula is C6H10ClN3OS. The van der Waals surface area contributed by atoms with Gasteiger partial charge in [0.1, 0.15) is 10.5 Å². The van der Waals surface area contributed by atoms with Crippen LogP contribution in [0.4, 0.5) is 0 Å². The lowest BCUT2D eigenvalue weighted by Crippen LogP contribution is -2.12. The van der Waals surface area contributed by atoms with E-state index in [-0.39, 0.29) is 0 Å². The molecule has 0 aromatic carbocycles. The van der Waals surface area contributed by atoms with Crippen LogP contribution in [0.25, 0.3) is 0 Å². The molecule has 0 saturated heterocycles. The van der Waals surface area contributed by atoms with Crippen molar-refractivity contribution < 1.29 is 5.11 Å². The maximum absolute atomic E-state index is 9.07. The lowest BCUT2D eigenvalue weighted by atomic mass is 10.5. The van der Waals surface area contributed by atoms with Crippen molar-refractivity contribution in [2.24, 2.45) is 0 Å². The Bertz CT molecular complexity index is 253. The summed E-state index contributed by atoms with van der Waals surface area (Å²) in [5.41, 5.74) is 0.